The SMILES string of the molecule is CCCCCOC(CCCCCCCCCC/C=C\CCO)OCCCCC. The molecule has 0 saturated heterocycles. The van der Waals surface area contributed by atoms with Crippen LogP contribution in [0.4, 0.5) is 0 Å². The number of ether oxygens (including phenoxy) is 2. The first kappa shape index (κ1) is 27.6. The molecule has 0 aromatic carbocycles. The Labute approximate surface area is 176 Å². The van der Waals surface area contributed by atoms with Crippen LogP contribution >= 0.6 is 0 Å². The van der Waals surface area contributed by atoms with Gasteiger partial charge in [0.25, 0.3) is 0 Å². The van der Waals surface area contributed by atoms with Crippen molar-refractivity contribution in [3.05, 3.63) is 12.2 Å². The highest BCUT2D eigenvalue weighted by Gasteiger charge is 2.09. The van der Waals surface area contributed by atoms with Gasteiger partial charge in [0.05, 0.1) is 0 Å². The molecule has 0 aromatic heterocycles. The van der Waals surface area contributed by atoms with Crippen LogP contribution < -0.4 is 0 Å². The highest BCUT2D eigenvalue weighted by Crippen LogP contribution is 2.14. The second-order valence-electron chi connectivity index (χ2n) is 7.97. The molecule has 0 radical (unpaired) electrons. The van der Waals surface area contributed by atoms with Gasteiger partial charge in [-0.2, -0.15) is 0 Å². The number of aliphatic hydroxyl groups is 1. The van der Waals surface area contributed by atoms with Gasteiger partial charge in [0, 0.05) is 19.8 Å². The van der Waals surface area contributed by atoms with E-state index < -0.39 is 0 Å². The van der Waals surface area contributed by atoms with Gasteiger partial charge in [0.2, 0.25) is 0 Å². The molecule has 28 heavy (non-hydrogen) atoms. The predicted molar refractivity (Wildman–Crippen MR) is 122 cm³/mol. The maximum absolute atomic E-state index is 8.71. The van der Waals surface area contributed by atoms with Gasteiger partial charge in [0.1, 0.15) is 0 Å². The van der Waals surface area contributed by atoms with E-state index in [9.17, 15) is 0 Å². The summed E-state index contributed by atoms with van der Waals surface area (Å²) >= 11 is 0. The zero-order valence-corrected chi connectivity index (χ0v) is 19.1. The molecule has 1 N–H and O–H groups in total. The minimum absolute atomic E-state index is 0.0209. The Kier molecular flexibility index (Phi) is 24.3. The first-order valence-electron chi connectivity index (χ1n) is 12.3. The maximum atomic E-state index is 8.71. The summed E-state index contributed by atoms with van der Waals surface area (Å²) in [6.07, 6.45) is 25.2. The van der Waals surface area contributed by atoms with E-state index in [2.05, 4.69) is 26.0 Å². The first-order valence-corrected chi connectivity index (χ1v) is 12.3. The molecule has 0 unspecified atom stereocenters. The summed E-state index contributed by atoms with van der Waals surface area (Å²) in [5.74, 6) is 0. The molecule has 0 amide bonds. The van der Waals surface area contributed by atoms with E-state index in [-0.39, 0.29) is 12.9 Å². The first-order chi connectivity index (χ1) is 13.8. The fraction of sp³-hybridized carbons (Fsp3) is 0.920. The third-order valence-corrected chi connectivity index (χ3v) is 5.13. The fourth-order valence-corrected chi connectivity index (χ4v) is 3.29. The van der Waals surface area contributed by atoms with Crippen molar-refractivity contribution in [3.63, 3.8) is 0 Å². The minimum atomic E-state index is 0.0209. The number of allylic oxidation sites excluding steroid dienone is 1. The van der Waals surface area contributed by atoms with Gasteiger partial charge in [0.15, 0.2) is 6.29 Å². The topological polar surface area (TPSA) is 38.7 Å². The molecule has 3 nitrogen and oxygen atoms in total. The van der Waals surface area contributed by atoms with Crippen LogP contribution in [0.25, 0.3) is 0 Å². The average Bonchev–Trinajstić information content (AvgIpc) is 2.71. The Morgan fingerprint density at radius 1 is 0.607 bits per heavy atom. The molecule has 0 aliphatic carbocycles. The Bertz CT molecular complexity index is 292. The quantitative estimate of drug-likeness (QED) is 0.110. The zero-order valence-electron chi connectivity index (χ0n) is 19.1. The number of unbranched alkanes of at least 4 members (excludes halogenated alkanes) is 12. The van der Waals surface area contributed by atoms with Crippen LogP contribution in [0.15, 0.2) is 12.2 Å². The van der Waals surface area contributed by atoms with Gasteiger partial charge >= 0.3 is 0 Å². The molecule has 3 heteroatoms. The van der Waals surface area contributed by atoms with Gasteiger partial charge in [-0.1, -0.05) is 90.2 Å². The van der Waals surface area contributed by atoms with Gasteiger partial charge in [-0.15, -0.1) is 0 Å². The molecule has 0 saturated carbocycles. The summed E-state index contributed by atoms with van der Waals surface area (Å²) < 4.78 is 12.0. The lowest BCUT2D eigenvalue weighted by Crippen LogP contribution is -2.19. The number of hydrogen-bond donors (Lipinski definition) is 1. The molecular formula is C25H50O3. The summed E-state index contributed by atoms with van der Waals surface area (Å²) in [4.78, 5) is 0. The van der Waals surface area contributed by atoms with E-state index in [1.165, 1.54) is 77.0 Å². The van der Waals surface area contributed by atoms with Crippen molar-refractivity contribution in [2.75, 3.05) is 19.8 Å². The standard InChI is InChI=1S/C25H50O3/c1-3-5-19-23-27-25(28-24-20-6-4-2)21-17-15-13-11-9-7-8-10-12-14-16-18-22-26/h14,16,25-26H,3-13,15,17-24H2,1-2H3/b16-14-. The molecule has 0 rings (SSSR count). The average molecular weight is 399 g/mol. The van der Waals surface area contributed by atoms with Crippen molar-refractivity contribution in [3.8, 4) is 0 Å². The fourth-order valence-electron chi connectivity index (χ4n) is 3.29. The zero-order chi connectivity index (χ0) is 20.5. The number of aliphatic hydroxyl groups excluding tert-OH is 1. The Balaban J connectivity index is 3.57. The summed E-state index contributed by atoms with van der Waals surface area (Å²) in [6, 6.07) is 0. The van der Waals surface area contributed by atoms with Crippen LogP contribution in [-0.2, 0) is 9.47 Å². The van der Waals surface area contributed by atoms with E-state index in [0.717, 1.165) is 45.3 Å². The van der Waals surface area contributed by atoms with Crippen LogP contribution in [0.5, 0.6) is 0 Å². The lowest BCUT2D eigenvalue weighted by atomic mass is 10.1. The van der Waals surface area contributed by atoms with Crippen molar-refractivity contribution < 1.29 is 14.6 Å². The molecule has 0 aliphatic heterocycles. The second kappa shape index (κ2) is 24.7. The third kappa shape index (κ3) is 21.9. The van der Waals surface area contributed by atoms with E-state index in [1.54, 1.807) is 0 Å². The molecule has 0 bridgehead atoms. The monoisotopic (exact) mass is 398 g/mol. The molecule has 0 aromatic rings. The van der Waals surface area contributed by atoms with E-state index in [1.807, 2.05) is 0 Å². The largest absolute Gasteiger partial charge is 0.396 e. The number of hydrogen-bond acceptors (Lipinski definition) is 3. The summed E-state index contributed by atoms with van der Waals surface area (Å²) in [7, 11) is 0. The van der Waals surface area contributed by atoms with E-state index in [4.69, 9.17) is 14.6 Å². The lowest BCUT2D eigenvalue weighted by Gasteiger charge is -2.18. The van der Waals surface area contributed by atoms with E-state index in [0.29, 0.717) is 0 Å². The molecular weight excluding hydrogens is 348 g/mol. The molecule has 168 valence electrons. The minimum Gasteiger partial charge on any atom is -0.396 e. The van der Waals surface area contributed by atoms with Crippen molar-refractivity contribution in [1.29, 1.82) is 0 Å². The Hall–Kier alpha value is -0.380. The molecule has 0 atom stereocenters. The van der Waals surface area contributed by atoms with Crippen LogP contribution in [0.1, 0.15) is 123 Å². The Morgan fingerprint density at radius 2 is 1.11 bits per heavy atom. The van der Waals surface area contributed by atoms with Crippen molar-refractivity contribution in [2.45, 2.75) is 129 Å². The van der Waals surface area contributed by atoms with Crippen LogP contribution in [-0.4, -0.2) is 31.2 Å². The number of rotatable bonds is 23. The highest BCUT2D eigenvalue weighted by molar-refractivity contribution is 4.80. The smallest absolute Gasteiger partial charge is 0.157 e. The summed E-state index contributed by atoms with van der Waals surface area (Å²) in [5, 5.41) is 8.71. The maximum Gasteiger partial charge on any atom is 0.157 e. The van der Waals surface area contributed by atoms with Gasteiger partial charge < -0.3 is 14.6 Å². The normalized spacial score (nSPS) is 11.9. The van der Waals surface area contributed by atoms with Crippen LogP contribution in [0.3, 0.4) is 0 Å². The van der Waals surface area contributed by atoms with Crippen molar-refractivity contribution >= 4 is 0 Å². The van der Waals surface area contributed by atoms with Crippen LogP contribution in [0.2, 0.25) is 0 Å². The predicted octanol–water partition coefficient (Wildman–Crippen LogP) is 7.57. The van der Waals surface area contributed by atoms with Crippen molar-refractivity contribution in [1.82, 2.24) is 0 Å². The highest BCUT2D eigenvalue weighted by atomic mass is 16.7. The Morgan fingerprint density at radius 3 is 1.64 bits per heavy atom. The van der Waals surface area contributed by atoms with Gasteiger partial charge in [-0.3, -0.25) is 0 Å². The molecule has 0 heterocycles. The molecule has 0 aliphatic rings. The second-order valence-corrected chi connectivity index (χ2v) is 7.97. The van der Waals surface area contributed by atoms with Crippen molar-refractivity contribution in [2.24, 2.45) is 0 Å². The van der Waals surface area contributed by atoms with Gasteiger partial charge in [-0.25, -0.2) is 0 Å². The molecule has 0 spiro atoms. The lowest BCUT2D eigenvalue weighted by molar-refractivity contribution is -0.148. The van der Waals surface area contributed by atoms with Crippen LogP contribution in [0, 0.1) is 0 Å². The summed E-state index contributed by atoms with van der Waals surface area (Å²) in [6.45, 7) is 6.43. The molecule has 0 fully saturated rings. The van der Waals surface area contributed by atoms with E-state index >= 15 is 0 Å². The third-order valence-electron chi connectivity index (χ3n) is 5.13. The summed E-state index contributed by atoms with van der Waals surface area (Å²) in [5.41, 5.74) is 0. The van der Waals surface area contributed by atoms with Gasteiger partial charge in [-0.05, 0) is 44.9 Å².